The SMILES string of the molecule is Cc1nc(Nc2ccc(C(F)(F)F)cc2)c2c3c(sc2n1)CCC3. The van der Waals surface area contributed by atoms with Crippen LogP contribution in [0.2, 0.25) is 0 Å². The van der Waals surface area contributed by atoms with Crippen LogP contribution in [0.25, 0.3) is 10.2 Å². The van der Waals surface area contributed by atoms with Gasteiger partial charge in [-0.3, -0.25) is 0 Å². The van der Waals surface area contributed by atoms with Gasteiger partial charge in [0, 0.05) is 10.6 Å². The summed E-state index contributed by atoms with van der Waals surface area (Å²) >= 11 is 1.69. The number of halogens is 3. The number of nitrogens with zero attached hydrogens (tertiary/aromatic N) is 2. The van der Waals surface area contributed by atoms with Gasteiger partial charge in [0.2, 0.25) is 0 Å². The highest BCUT2D eigenvalue weighted by molar-refractivity contribution is 7.19. The van der Waals surface area contributed by atoms with Crippen LogP contribution in [0.4, 0.5) is 24.7 Å². The number of aryl methyl sites for hydroxylation is 3. The number of fused-ring (bicyclic) bond motifs is 3. The second kappa shape index (κ2) is 5.44. The first-order valence-electron chi connectivity index (χ1n) is 7.65. The van der Waals surface area contributed by atoms with Crippen molar-refractivity contribution >= 4 is 33.1 Å². The molecule has 0 radical (unpaired) electrons. The minimum Gasteiger partial charge on any atom is -0.340 e. The van der Waals surface area contributed by atoms with Crippen LogP contribution >= 0.6 is 11.3 Å². The molecule has 1 N–H and O–H groups in total. The van der Waals surface area contributed by atoms with Crippen LogP contribution in [0.5, 0.6) is 0 Å². The van der Waals surface area contributed by atoms with Crippen molar-refractivity contribution in [1.82, 2.24) is 9.97 Å². The van der Waals surface area contributed by atoms with Gasteiger partial charge in [-0.1, -0.05) is 0 Å². The lowest BCUT2D eigenvalue weighted by Gasteiger charge is -2.11. The van der Waals surface area contributed by atoms with Gasteiger partial charge in [0.25, 0.3) is 0 Å². The molecule has 1 aromatic carbocycles. The zero-order chi connectivity index (χ0) is 16.9. The molecule has 7 heteroatoms. The highest BCUT2D eigenvalue weighted by Gasteiger charge is 2.30. The van der Waals surface area contributed by atoms with E-state index < -0.39 is 11.7 Å². The summed E-state index contributed by atoms with van der Waals surface area (Å²) in [5.74, 6) is 1.33. The van der Waals surface area contributed by atoms with Crippen LogP contribution in [-0.2, 0) is 19.0 Å². The van der Waals surface area contributed by atoms with E-state index in [-0.39, 0.29) is 0 Å². The Balaban J connectivity index is 1.74. The lowest BCUT2D eigenvalue weighted by molar-refractivity contribution is -0.137. The molecule has 0 atom stereocenters. The van der Waals surface area contributed by atoms with E-state index in [4.69, 9.17) is 0 Å². The maximum Gasteiger partial charge on any atom is 0.416 e. The average molecular weight is 349 g/mol. The third-order valence-electron chi connectivity index (χ3n) is 4.15. The Morgan fingerprint density at radius 3 is 2.54 bits per heavy atom. The molecule has 3 aromatic rings. The number of aromatic nitrogens is 2. The van der Waals surface area contributed by atoms with Crippen molar-refractivity contribution in [3.05, 3.63) is 46.1 Å². The van der Waals surface area contributed by atoms with Crippen LogP contribution in [0.1, 0.15) is 28.2 Å². The highest BCUT2D eigenvalue weighted by Crippen LogP contribution is 2.40. The van der Waals surface area contributed by atoms with Crippen molar-refractivity contribution in [3.63, 3.8) is 0 Å². The maximum absolute atomic E-state index is 12.7. The van der Waals surface area contributed by atoms with Gasteiger partial charge in [0.15, 0.2) is 0 Å². The molecule has 0 saturated heterocycles. The average Bonchev–Trinajstić information content (AvgIpc) is 3.06. The molecule has 0 unspecified atom stereocenters. The Kier molecular flexibility index (Phi) is 3.49. The van der Waals surface area contributed by atoms with Crippen molar-refractivity contribution in [3.8, 4) is 0 Å². The number of anilines is 2. The van der Waals surface area contributed by atoms with E-state index in [0.717, 1.165) is 41.6 Å². The molecule has 1 aliphatic carbocycles. The van der Waals surface area contributed by atoms with Crippen LogP contribution in [0.3, 0.4) is 0 Å². The summed E-state index contributed by atoms with van der Waals surface area (Å²) in [5.41, 5.74) is 1.21. The Bertz CT molecular complexity index is 913. The molecule has 124 valence electrons. The van der Waals surface area contributed by atoms with Crippen molar-refractivity contribution in [2.45, 2.75) is 32.4 Å². The van der Waals surface area contributed by atoms with Gasteiger partial charge in [-0.05, 0) is 56.0 Å². The normalized spacial score (nSPS) is 14.2. The highest BCUT2D eigenvalue weighted by atomic mass is 32.1. The van der Waals surface area contributed by atoms with E-state index in [1.165, 1.54) is 22.6 Å². The molecule has 2 aromatic heterocycles. The first kappa shape index (κ1) is 15.4. The van der Waals surface area contributed by atoms with Crippen LogP contribution in [0, 0.1) is 6.92 Å². The number of alkyl halides is 3. The van der Waals surface area contributed by atoms with E-state index in [2.05, 4.69) is 15.3 Å². The zero-order valence-electron chi connectivity index (χ0n) is 12.9. The van der Waals surface area contributed by atoms with Crippen LogP contribution in [-0.4, -0.2) is 9.97 Å². The monoisotopic (exact) mass is 349 g/mol. The van der Waals surface area contributed by atoms with Gasteiger partial charge in [-0.15, -0.1) is 11.3 Å². The first-order chi connectivity index (χ1) is 11.4. The molecular formula is C17H14F3N3S. The van der Waals surface area contributed by atoms with Crippen molar-refractivity contribution in [2.75, 3.05) is 5.32 Å². The quantitative estimate of drug-likeness (QED) is 0.686. The summed E-state index contributed by atoms with van der Waals surface area (Å²) in [6.07, 6.45) is -1.13. The van der Waals surface area contributed by atoms with Gasteiger partial charge in [-0.25, -0.2) is 9.97 Å². The van der Waals surface area contributed by atoms with Crippen molar-refractivity contribution in [2.24, 2.45) is 0 Å². The third kappa shape index (κ3) is 2.62. The maximum atomic E-state index is 12.7. The summed E-state index contributed by atoms with van der Waals surface area (Å²) in [4.78, 5) is 11.3. The Labute approximate surface area is 140 Å². The number of hydrogen-bond donors (Lipinski definition) is 1. The van der Waals surface area contributed by atoms with E-state index in [1.807, 2.05) is 6.92 Å². The molecule has 4 rings (SSSR count). The van der Waals surface area contributed by atoms with Gasteiger partial charge in [0.05, 0.1) is 10.9 Å². The molecule has 1 aliphatic rings. The van der Waals surface area contributed by atoms with E-state index in [1.54, 1.807) is 11.3 Å². The number of benzene rings is 1. The molecular weight excluding hydrogens is 335 g/mol. The first-order valence-corrected chi connectivity index (χ1v) is 8.46. The van der Waals surface area contributed by atoms with E-state index in [9.17, 15) is 13.2 Å². The van der Waals surface area contributed by atoms with E-state index in [0.29, 0.717) is 17.3 Å². The minimum absolute atomic E-state index is 0.584. The largest absolute Gasteiger partial charge is 0.416 e. The second-order valence-electron chi connectivity index (χ2n) is 5.86. The van der Waals surface area contributed by atoms with Gasteiger partial charge in [0.1, 0.15) is 16.5 Å². The molecule has 0 spiro atoms. The third-order valence-corrected chi connectivity index (χ3v) is 5.34. The number of thiophene rings is 1. The fourth-order valence-corrected chi connectivity index (χ4v) is 4.38. The van der Waals surface area contributed by atoms with Crippen molar-refractivity contribution in [1.29, 1.82) is 0 Å². The summed E-state index contributed by atoms with van der Waals surface area (Å²) in [6.45, 7) is 1.82. The number of nitrogens with one attached hydrogen (secondary N) is 1. The molecule has 0 bridgehead atoms. The fourth-order valence-electron chi connectivity index (χ4n) is 3.07. The van der Waals surface area contributed by atoms with Gasteiger partial charge in [-0.2, -0.15) is 13.2 Å². The van der Waals surface area contributed by atoms with Crippen LogP contribution in [0.15, 0.2) is 24.3 Å². The van der Waals surface area contributed by atoms with Gasteiger partial charge >= 0.3 is 6.18 Å². The Hall–Kier alpha value is -2.15. The molecule has 0 amide bonds. The number of hydrogen-bond acceptors (Lipinski definition) is 4. The Morgan fingerprint density at radius 2 is 1.83 bits per heavy atom. The molecule has 0 fully saturated rings. The van der Waals surface area contributed by atoms with E-state index >= 15 is 0 Å². The lowest BCUT2D eigenvalue weighted by Crippen LogP contribution is -2.05. The summed E-state index contributed by atoms with van der Waals surface area (Å²) in [7, 11) is 0. The summed E-state index contributed by atoms with van der Waals surface area (Å²) in [5, 5.41) is 4.18. The Morgan fingerprint density at radius 1 is 1.08 bits per heavy atom. The molecule has 0 aliphatic heterocycles. The zero-order valence-corrected chi connectivity index (χ0v) is 13.7. The molecule has 3 nitrogen and oxygen atoms in total. The fraction of sp³-hybridized carbons (Fsp3) is 0.294. The standard InChI is InChI=1S/C17H14F3N3S/c1-9-21-15(14-12-3-2-4-13(12)24-16(14)22-9)23-11-7-5-10(6-8-11)17(18,19)20/h5-8H,2-4H2,1H3,(H,21,22,23). The molecule has 24 heavy (non-hydrogen) atoms. The van der Waals surface area contributed by atoms with Gasteiger partial charge < -0.3 is 5.32 Å². The molecule has 2 heterocycles. The second-order valence-corrected chi connectivity index (χ2v) is 6.94. The van der Waals surface area contributed by atoms with Crippen LogP contribution < -0.4 is 5.32 Å². The van der Waals surface area contributed by atoms with Crippen molar-refractivity contribution < 1.29 is 13.2 Å². The molecule has 0 saturated carbocycles. The predicted molar refractivity (Wildman–Crippen MR) is 88.9 cm³/mol. The lowest BCUT2D eigenvalue weighted by atomic mass is 10.1. The summed E-state index contributed by atoms with van der Waals surface area (Å²) in [6, 6.07) is 5.01. The topological polar surface area (TPSA) is 37.8 Å². The minimum atomic E-state index is -4.33. The summed E-state index contributed by atoms with van der Waals surface area (Å²) < 4.78 is 38.0. The smallest absolute Gasteiger partial charge is 0.340 e. The number of rotatable bonds is 2. The predicted octanol–water partition coefficient (Wildman–Crippen LogP) is 5.25.